The van der Waals surface area contributed by atoms with Crippen LogP contribution in [0.5, 0.6) is 0 Å². The first kappa shape index (κ1) is 19.7. The van der Waals surface area contributed by atoms with Gasteiger partial charge in [-0.1, -0.05) is 11.8 Å². The lowest BCUT2D eigenvalue weighted by Gasteiger charge is -2.19. The van der Waals surface area contributed by atoms with E-state index in [2.05, 4.69) is 10.2 Å². The van der Waals surface area contributed by atoms with Crippen molar-refractivity contribution in [2.24, 2.45) is 13.0 Å². The molecule has 1 aromatic rings. The van der Waals surface area contributed by atoms with Crippen LogP contribution in [0, 0.1) is 17.2 Å². The summed E-state index contributed by atoms with van der Waals surface area (Å²) < 4.78 is 25.0. The maximum Gasteiger partial charge on any atom is 0.235 e. The van der Waals surface area contributed by atoms with E-state index in [1.807, 2.05) is 17.7 Å². The Kier molecular flexibility index (Phi) is 6.46. The van der Waals surface area contributed by atoms with Gasteiger partial charge < -0.3 is 9.47 Å². The Balaban J connectivity index is 1.96. The third kappa shape index (κ3) is 5.19. The minimum Gasteiger partial charge on any atom is -0.344 e. The van der Waals surface area contributed by atoms with Gasteiger partial charge in [-0.25, -0.2) is 8.42 Å². The Morgan fingerprint density at radius 3 is 2.84 bits per heavy atom. The maximum absolute atomic E-state index is 12.3. The van der Waals surface area contributed by atoms with Gasteiger partial charge in [0.2, 0.25) is 5.91 Å². The van der Waals surface area contributed by atoms with Gasteiger partial charge in [-0.3, -0.25) is 4.79 Å². The van der Waals surface area contributed by atoms with Gasteiger partial charge in [0.25, 0.3) is 0 Å². The van der Waals surface area contributed by atoms with Gasteiger partial charge in [0.15, 0.2) is 15.0 Å². The lowest BCUT2D eigenvalue weighted by molar-refractivity contribution is -0.128. The van der Waals surface area contributed by atoms with E-state index < -0.39 is 9.84 Å². The smallest absolute Gasteiger partial charge is 0.235 e. The molecule has 1 aliphatic rings. The summed E-state index contributed by atoms with van der Waals surface area (Å²) in [4.78, 5) is 13.8. The van der Waals surface area contributed by atoms with Gasteiger partial charge in [-0.2, -0.15) is 5.26 Å². The van der Waals surface area contributed by atoms with Crippen LogP contribution in [-0.4, -0.2) is 64.3 Å². The molecule has 2 atom stereocenters. The van der Waals surface area contributed by atoms with Gasteiger partial charge in [0.1, 0.15) is 5.82 Å². The average molecular weight is 386 g/mol. The summed E-state index contributed by atoms with van der Waals surface area (Å²) in [5.41, 5.74) is 0. The quantitative estimate of drug-likeness (QED) is 0.634. The van der Waals surface area contributed by atoms with Crippen LogP contribution < -0.4 is 0 Å². The van der Waals surface area contributed by atoms with Crippen molar-refractivity contribution in [3.8, 4) is 6.07 Å². The molecule has 1 saturated heterocycles. The Morgan fingerprint density at radius 2 is 2.24 bits per heavy atom. The molecule has 0 saturated carbocycles. The molecule has 0 bridgehead atoms. The zero-order valence-electron chi connectivity index (χ0n) is 14.7. The van der Waals surface area contributed by atoms with Crippen molar-refractivity contribution in [1.29, 1.82) is 5.26 Å². The Morgan fingerprint density at radius 1 is 1.52 bits per heavy atom. The molecule has 1 fully saturated rings. The van der Waals surface area contributed by atoms with Gasteiger partial charge in [-0.15, -0.1) is 10.2 Å². The molecule has 1 amide bonds. The molecule has 138 valence electrons. The van der Waals surface area contributed by atoms with Crippen molar-refractivity contribution in [3.63, 3.8) is 0 Å². The number of hydrogen-bond donors (Lipinski definition) is 0. The molecular formula is C15H23N5O3S2. The van der Waals surface area contributed by atoms with Crippen molar-refractivity contribution < 1.29 is 13.2 Å². The topological polar surface area (TPSA) is 109 Å². The van der Waals surface area contributed by atoms with E-state index in [-0.39, 0.29) is 28.6 Å². The van der Waals surface area contributed by atoms with E-state index in [0.29, 0.717) is 31.0 Å². The molecule has 0 N–H and O–H groups in total. The zero-order valence-corrected chi connectivity index (χ0v) is 16.3. The van der Waals surface area contributed by atoms with Crippen LogP contribution in [0.15, 0.2) is 5.16 Å². The zero-order chi connectivity index (χ0) is 18.6. The molecule has 0 radical (unpaired) electrons. The van der Waals surface area contributed by atoms with E-state index in [1.165, 1.54) is 11.8 Å². The molecule has 0 aromatic carbocycles. The summed E-state index contributed by atoms with van der Waals surface area (Å²) in [5.74, 6) is 1.22. The predicted octanol–water partition coefficient (Wildman–Crippen LogP) is 0.645. The second-order valence-electron chi connectivity index (χ2n) is 6.36. The van der Waals surface area contributed by atoms with Crippen LogP contribution >= 0.6 is 11.8 Å². The standard InChI is InChI=1S/C15H23N5O3S2/c1-11(14(21)19(2)7-4-6-16)24-15-18-17-13(20(15)3)9-12-5-8-25(22,23)10-12/h11-12H,4-5,7-10H2,1-3H3/t11-,12+/m1/s1. The summed E-state index contributed by atoms with van der Waals surface area (Å²) >= 11 is 1.32. The lowest BCUT2D eigenvalue weighted by Crippen LogP contribution is -2.34. The van der Waals surface area contributed by atoms with E-state index in [0.717, 1.165) is 5.82 Å². The second-order valence-corrected chi connectivity index (χ2v) is 9.90. The lowest BCUT2D eigenvalue weighted by atomic mass is 10.1. The summed E-state index contributed by atoms with van der Waals surface area (Å²) in [5, 5.41) is 17.2. The monoisotopic (exact) mass is 385 g/mol. The van der Waals surface area contributed by atoms with Crippen LogP contribution in [-0.2, 0) is 28.1 Å². The maximum atomic E-state index is 12.3. The summed E-state index contributed by atoms with van der Waals surface area (Å²) in [6.45, 7) is 2.20. The molecule has 2 rings (SSSR count). The van der Waals surface area contributed by atoms with Crippen LogP contribution in [0.3, 0.4) is 0 Å². The molecule has 1 aromatic heterocycles. The number of nitriles is 1. The number of thioether (sulfide) groups is 1. The SMILES string of the molecule is C[C@@H](Sc1nnc(C[C@@H]2CCS(=O)(=O)C2)n1C)C(=O)N(C)CCC#N. The van der Waals surface area contributed by atoms with Crippen LogP contribution in [0.2, 0.25) is 0 Å². The third-order valence-electron chi connectivity index (χ3n) is 4.29. The molecule has 25 heavy (non-hydrogen) atoms. The number of nitrogens with zero attached hydrogens (tertiary/aromatic N) is 5. The molecule has 1 aliphatic heterocycles. The van der Waals surface area contributed by atoms with Gasteiger partial charge in [0.05, 0.1) is 29.2 Å². The first-order valence-corrected chi connectivity index (χ1v) is 10.8. The van der Waals surface area contributed by atoms with E-state index in [1.54, 1.807) is 18.9 Å². The number of sulfone groups is 1. The molecule has 2 heterocycles. The van der Waals surface area contributed by atoms with Crippen molar-refractivity contribution in [3.05, 3.63) is 5.82 Å². The fourth-order valence-electron chi connectivity index (χ4n) is 2.76. The number of rotatable bonds is 7. The van der Waals surface area contributed by atoms with Crippen LogP contribution in [0.25, 0.3) is 0 Å². The molecule has 10 heteroatoms. The number of carbonyl (C=O) groups excluding carboxylic acids is 1. The predicted molar refractivity (Wildman–Crippen MR) is 94.7 cm³/mol. The number of carbonyl (C=O) groups is 1. The summed E-state index contributed by atoms with van der Waals surface area (Å²) in [6, 6.07) is 2.02. The summed E-state index contributed by atoms with van der Waals surface area (Å²) in [7, 11) is 0.606. The fourth-order valence-corrected chi connectivity index (χ4v) is 5.57. The van der Waals surface area contributed by atoms with Gasteiger partial charge >= 0.3 is 0 Å². The Bertz CT molecular complexity index is 769. The average Bonchev–Trinajstić information content (AvgIpc) is 3.08. The normalized spacial score (nSPS) is 20.2. The number of amides is 1. The molecular weight excluding hydrogens is 362 g/mol. The number of hydrogen-bond acceptors (Lipinski definition) is 7. The molecule has 0 aliphatic carbocycles. The third-order valence-corrected chi connectivity index (χ3v) is 7.25. The molecule has 0 spiro atoms. The highest BCUT2D eigenvalue weighted by Crippen LogP contribution is 2.26. The highest BCUT2D eigenvalue weighted by molar-refractivity contribution is 8.00. The van der Waals surface area contributed by atoms with Crippen molar-refractivity contribution in [2.45, 2.75) is 36.6 Å². The molecule has 8 nitrogen and oxygen atoms in total. The van der Waals surface area contributed by atoms with Gasteiger partial charge in [-0.05, 0) is 19.3 Å². The highest BCUT2D eigenvalue weighted by Gasteiger charge is 2.29. The van der Waals surface area contributed by atoms with E-state index >= 15 is 0 Å². The van der Waals surface area contributed by atoms with E-state index in [9.17, 15) is 13.2 Å². The first-order valence-electron chi connectivity index (χ1n) is 8.10. The van der Waals surface area contributed by atoms with Crippen molar-refractivity contribution in [1.82, 2.24) is 19.7 Å². The van der Waals surface area contributed by atoms with Crippen LogP contribution in [0.4, 0.5) is 0 Å². The first-order chi connectivity index (χ1) is 11.7. The number of aromatic nitrogens is 3. The minimum absolute atomic E-state index is 0.0633. The van der Waals surface area contributed by atoms with E-state index in [4.69, 9.17) is 5.26 Å². The minimum atomic E-state index is -2.90. The Hall–Kier alpha value is -1.60. The van der Waals surface area contributed by atoms with Crippen molar-refractivity contribution in [2.75, 3.05) is 25.1 Å². The highest BCUT2D eigenvalue weighted by atomic mass is 32.2. The summed E-state index contributed by atoms with van der Waals surface area (Å²) in [6.07, 6.45) is 1.54. The second kappa shape index (κ2) is 8.19. The van der Waals surface area contributed by atoms with Gasteiger partial charge in [0, 0.05) is 27.1 Å². The molecule has 0 unspecified atom stereocenters. The van der Waals surface area contributed by atoms with Crippen molar-refractivity contribution >= 4 is 27.5 Å². The van der Waals surface area contributed by atoms with Crippen LogP contribution in [0.1, 0.15) is 25.6 Å². The fraction of sp³-hybridized carbons (Fsp3) is 0.733. The Labute approximate surface area is 152 Å². The largest absolute Gasteiger partial charge is 0.344 e.